The second kappa shape index (κ2) is 9.81. The molecule has 2 atom stereocenters. The van der Waals surface area contributed by atoms with Crippen LogP contribution in [-0.2, 0) is 14.9 Å². The zero-order valence-electron chi connectivity index (χ0n) is 18.3. The maximum Gasteiger partial charge on any atom is 0.328 e. The number of amides is 1. The third-order valence-electron chi connectivity index (χ3n) is 6.19. The predicted octanol–water partition coefficient (Wildman–Crippen LogP) is 3.75. The van der Waals surface area contributed by atoms with E-state index in [9.17, 15) is 14.7 Å². The fourth-order valence-electron chi connectivity index (χ4n) is 4.36. The highest BCUT2D eigenvalue weighted by Gasteiger charge is 2.41. The van der Waals surface area contributed by atoms with E-state index in [1.54, 1.807) is 6.92 Å². The average molecular weight is 427 g/mol. The summed E-state index contributed by atoms with van der Waals surface area (Å²) in [6.45, 7) is 3.49. The Morgan fingerprint density at radius 2 is 1.77 bits per heavy atom. The number of ether oxygens (including phenoxy) is 2. The molecule has 7 heteroatoms. The number of carbonyl (C=O) groups is 2. The van der Waals surface area contributed by atoms with Gasteiger partial charge in [-0.3, -0.25) is 4.79 Å². The van der Waals surface area contributed by atoms with E-state index < -0.39 is 17.9 Å². The molecule has 3 rings (SSSR count). The van der Waals surface area contributed by atoms with E-state index in [2.05, 4.69) is 22.4 Å². The molecular weight excluding hydrogens is 396 g/mol. The molecule has 1 aromatic heterocycles. The van der Waals surface area contributed by atoms with E-state index >= 15 is 0 Å². The van der Waals surface area contributed by atoms with Crippen molar-refractivity contribution in [1.29, 1.82) is 0 Å². The van der Waals surface area contributed by atoms with Crippen LogP contribution in [0.15, 0.2) is 42.6 Å². The number of nitrogens with zero attached hydrogens (tertiary/aromatic N) is 1. The molecule has 7 nitrogen and oxygen atoms in total. The second-order valence-corrected chi connectivity index (χ2v) is 8.07. The monoisotopic (exact) mass is 426 g/mol. The molecule has 1 aromatic carbocycles. The molecule has 1 saturated carbocycles. The smallest absolute Gasteiger partial charge is 0.328 e. The van der Waals surface area contributed by atoms with Crippen molar-refractivity contribution in [2.75, 3.05) is 7.11 Å². The minimum atomic E-state index is -0.904. The van der Waals surface area contributed by atoms with Crippen molar-refractivity contribution in [3.05, 3.63) is 53.9 Å². The Morgan fingerprint density at radius 1 is 1.10 bits per heavy atom. The van der Waals surface area contributed by atoms with Gasteiger partial charge in [0.15, 0.2) is 17.2 Å². The summed E-state index contributed by atoms with van der Waals surface area (Å²) in [5.41, 5.74) is 0.739. The van der Waals surface area contributed by atoms with Gasteiger partial charge in [0.2, 0.25) is 0 Å². The highest BCUT2D eigenvalue weighted by molar-refractivity contribution is 5.97. The molecule has 1 aliphatic carbocycles. The van der Waals surface area contributed by atoms with Crippen LogP contribution >= 0.6 is 0 Å². The first kappa shape index (κ1) is 22.6. The number of esters is 1. The first-order chi connectivity index (χ1) is 14.9. The van der Waals surface area contributed by atoms with Crippen LogP contribution in [0.25, 0.3) is 0 Å². The number of aromatic nitrogens is 1. The lowest BCUT2D eigenvalue weighted by molar-refractivity contribution is -0.154. The van der Waals surface area contributed by atoms with Crippen molar-refractivity contribution in [3.63, 3.8) is 0 Å². The third kappa shape index (κ3) is 4.81. The Balaban J connectivity index is 1.70. The molecule has 1 aliphatic rings. The fraction of sp³-hybridized carbons (Fsp3) is 0.458. The summed E-state index contributed by atoms with van der Waals surface area (Å²) in [4.78, 5) is 29.2. The molecule has 2 N–H and O–H groups in total. The topological polar surface area (TPSA) is 97.8 Å². The van der Waals surface area contributed by atoms with Crippen LogP contribution in [0.1, 0.15) is 62.0 Å². The Hall–Kier alpha value is -3.09. The molecular formula is C24H30N2O5. The largest absolute Gasteiger partial charge is 0.503 e. The van der Waals surface area contributed by atoms with E-state index in [-0.39, 0.29) is 28.7 Å². The molecule has 0 bridgehead atoms. The van der Waals surface area contributed by atoms with Crippen molar-refractivity contribution < 1.29 is 24.2 Å². The Kier molecular flexibility index (Phi) is 7.15. The van der Waals surface area contributed by atoms with Crippen LogP contribution in [0, 0.1) is 0 Å². The van der Waals surface area contributed by atoms with Gasteiger partial charge in [0.25, 0.3) is 5.91 Å². The van der Waals surface area contributed by atoms with E-state index in [1.807, 2.05) is 25.1 Å². The molecule has 1 heterocycles. The molecule has 1 unspecified atom stereocenters. The molecule has 166 valence electrons. The van der Waals surface area contributed by atoms with Gasteiger partial charge in [-0.1, -0.05) is 49.6 Å². The lowest BCUT2D eigenvalue weighted by Crippen LogP contribution is -2.46. The quantitative estimate of drug-likeness (QED) is 0.655. The molecule has 2 aromatic rings. The van der Waals surface area contributed by atoms with Crippen LogP contribution in [0.5, 0.6) is 11.5 Å². The van der Waals surface area contributed by atoms with Crippen LogP contribution in [0.4, 0.5) is 0 Å². The molecule has 0 radical (unpaired) electrons. The van der Waals surface area contributed by atoms with Crippen LogP contribution in [0.2, 0.25) is 0 Å². The number of pyridine rings is 1. The fourth-order valence-corrected chi connectivity index (χ4v) is 4.36. The molecule has 1 amide bonds. The van der Waals surface area contributed by atoms with Crippen molar-refractivity contribution in [1.82, 2.24) is 10.3 Å². The van der Waals surface area contributed by atoms with Crippen molar-refractivity contribution in [2.45, 2.75) is 63.5 Å². The van der Waals surface area contributed by atoms with Crippen molar-refractivity contribution in [2.24, 2.45) is 0 Å². The zero-order valence-corrected chi connectivity index (χ0v) is 18.3. The highest BCUT2D eigenvalue weighted by atomic mass is 16.5. The first-order valence-electron chi connectivity index (χ1n) is 10.7. The van der Waals surface area contributed by atoms with Gasteiger partial charge < -0.3 is 19.9 Å². The van der Waals surface area contributed by atoms with Gasteiger partial charge in [0.1, 0.15) is 12.1 Å². The van der Waals surface area contributed by atoms with Crippen molar-refractivity contribution >= 4 is 11.9 Å². The van der Waals surface area contributed by atoms with Gasteiger partial charge in [-0.2, -0.15) is 0 Å². The third-order valence-corrected chi connectivity index (χ3v) is 6.19. The van der Waals surface area contributed by atoms with Gasteiger partial charge in [0.05, 0.1) is 7.11 Å². The zero-order chi connectivity index (χ0) is 22.4. The Labute approximate surface area is 182 Å². The number of hydrogen-bond acceptors (Lipinski definition) is 6. The lowest BCUT2D eigenvalue weighted by atomic mass is 9.66. The van der Waals surface area contributed by atoms with Gasteiger partial charge in [0, 0.05) is 17.7 Å². The van der Waals surface area contributed by atoms with Gasteiger partial charge in [-0.25, -0.2) is 9.78 Å². The Bertz CT molecular complexity index is 909. The number of nitrogens with one attached hydrogen (secondary N) is 1. The number of benzene rings is 1. The van der Waals surface area contributed by atoms with Gasteiger partial charge in [-0.15, -0.1) is 0 Å². The molecule has 31 heavy (non-hydrogen) atoms. The normalized spacial score (nSPS) is 17.3. The first-order valence-corrected chi connectivity index (χ1v) is 10.7. The number of aromatic hydroxyl groups is 1. The van der Waals surface area contributed by atoms with Gasteiger partial charge in [-0.05, 0) is 32.3 Å². The summed E-state index contributed by atoms with van der Waals surface area (Å²) in [5, 5.41) is 12.7. The van der Waals surface area contributed by atoms with Gasteiger partial charge >= 0.3 is 5.97 Å². The van der Waals surface area contributed by atoms with Crippen LogP contribution in [0.3, 0.4) is 0 Å². The number of rotatable bonds is 7. The molecule has 1 fully saturated rings. The molecule has 0 aliphatic heterocycles. The standard InChI is InChI=1S/C24H30N2O5/c1-16(26-22(28)20-21(27)19(30-3)12-15-25-20)23(29)31-17(2)24(13-8-5-9-14-24)18-10-6-4-7-11-18/h4,6-7,10-12,15-17,27H,5,8-9,13-14H2,1-3H3,(H,26,28)/t16-,17?/m0/s1. The summed E-state index contributed by atoms with van der Waals surface area (Å²) in [7, 11) is 1.38. The Morgan fingerprint density at radius 3 is 2.42 bits per heavy atom. The minimum Gasteiger partial charge on any atom is -0.503 e. The summed E-state index contributed by atoms with van der Waals surface area (Å²) in [6.07, 6.45) is 6.27. The van der Waals surface area contributed by atoms with Crippen LogP contribution < -0.4 is 10.1 Å². The second-order valence-electron chi connectivity index (χ2n) is 8.07. The summed E-state index contributed by atoms with van der Waals surface area (Å²) in [5.74, 6) is -1.44. The highest BCUT2D eigenvalue weighted by Crippen LogP contribution is 2.43. The van der Waals surface area contributed by atoms with E-state index in [0.29, 0.717) is 0 Å². The number of carbonyl (C=O) groups excluding carboxylic acids is 2. The van der Waals surface area contributed by atoms with Crippen molar-refractivity contribution in [3.8, 4) is 11.5 Å². The predicted molar refractivity (Wildman–Crippen MR) is 116 cm³/mol. The number of methoxy groups -OCH3 is 1. The van der Waals surface area contributed by atoms with E-state index in [4.69, 9.17) is 9.47 Å². The maximum absolute atomic E-state index is 12.8. The van der Waals surface area contributed by atoms with E-state index in [1.165, 1.54) is 31.4 Å². The average Bonchev–Trinajstić information content (AvgIpc) is 2.80. The summed E-state index contributed by atoms with van der Waals surface area (Å²) in [6, 6.07) is 10.7. The summed E-state index contributed by atoms with van der Waals surface area (Å²) >= 11 is 0. The number of hydrogen-bond donors (Lipinski definition) is 2. The SMILES string of the molecule is COc1ccnc(C(=O)N[C@@H](C)C(=O)OC(C)C2(c3ccccc3)CCCCC2)c1O. The maximum atomic E-state index is 12.8. The van der Waals surface area contributed by atoms with Crippen LogP contribution in [-0.4, -0.2) is 41.2 Å². The molecule has 0 spiro atoms. The molecule has 0 saturated heterocycles. The minimum absolute atomic E-state index is 0.131. The summed E-state index contributed by atoms with van der Waals surface area (Å²) < 4.78 is 10.9. The van der Waals surface area contributed by atoms with E-state index in [0.717, 1.165) is 25.7 Å². The lowest BCUT2D eigenvalue weighted by Gasteiger charge is -2.42.